The third-order valence-electron chi connectivity index (χ3n) is 4.76. The van der Waals surface area contributed by atoms with E-state index in [9.17, 15) is 4.79 Å². The minimum atomic E-state index is -0.478. The van der Waals surface area contributed by atoms with E-state index in [0.29, 0.717) is 13.1 Å². The van der Waals surface area contributed by atoms with Gasteiger partial charge in [0, 0.05) is 38.6 Å². The monoisotopic (exact) mass is 367 g/mol. The lowest BCUT2D eigenvalue weighted by molar-refractivity contribution is 0.00360. The summed E-state index contributed by atoms with van der Waals surface area (Å²) in [7, 11) is 0. The van der Waals surface area contributed by atoms with E-state index in [-0.39, 0.29) is 12.1 Å². The molecule has 0 saturated carbocycles. The number of piperazine rings is 1. The summed E-state index contributed by atoms with van der Waals surface area (Å²) in [6.45, 7) is 8.82. The van der Waals surface area contributed by atoms with Gasteiger partial charge in [-0.25, -0.2) is 4.79 Å². The molecule has 3 rings (SSSR count). The fraction of sp³-hybridized carbons (Fsp3) is 0.455. The zero-order valence-electron chi connectivity index (χ0n) is 16.5. The van der Waals surface area contributed by atoms with Crippen molar-refractivity contribution in [2.75, 3.05) is 26.2 Å². The molecule has 0 radical (unpaired) electrons. The highest BCUT2D eigenvalue weighted by Crippen LogP contribution is 2.26. The third kappa shape index (κ3) is 5.54. The second-order valence-corrected chi connectivity index (χ2v) is 7.99. The number of hydrogen-bond donors (Lipinski definition) is 0. The van der Waals surface area contributed by atoms with Gasteiger partial charge in [0.15, 0.2) is 0 Å². The van der Waals surface area contributed by atoms with Crippen LogP contribution in [-0.4, -0.2) is 52.7 Å². The topological polar surface area (TPSA) is 45.7 Å². The van der Waals surface area contributed by atoms with Crippen molar-refractivity contribution in [3.8, 4) is 0 Å². The lowest BCUT2D eigenvalue weighted by atomic mass is 10.0. The number of aromatic nitrogens is 1. The van der Waals surface area contributed by atoms with Crippen LogP contribution in [0.2, 0.25) is 0 Å². The average Bonchev–Trinajstić information content (AvgIpc) is 2.66. The van der Waals surface area contributed by atoms with Gasteiger partial charge >= 0.3 is 6.09 Å². The van der Waals surface area contributed by atoms with Crippen molar-refractivity contribution in [3.05, 3.63) is 66.0 Å². The van der Waals surface area contributed by atoms with Gasteiger partial charge in [0.25, 0.3) is 0 Å². The van der Waals surface area contributed by atoms with Gasteiger partial charge < -0.3 is 9.64 Å². The molecule has 1 unspecified atom stereocenters. The first kappa shape index (κ1) is 19.4. The SMILES string of the molecule is CC(C)(C)OC(=O)N1CCN(CCc2ccccc2)C(c2ccncc2)C1. The predicted octanol–water partition coefficient (Wildman–Crippen LogP) is 3.92. The molecular formula is C22H29N3O2. The molecule has 1 aliphatic rings. The van der Waals surface area contributed by atoms with Crippen LogP contribution in [0.15, 0.2) is 54.9 Å². The average molecular weight is 367 g/mol. The second kappa shape index (κ2) is 8.53. The Hall–Kier alpha value is -2.40. The summed E-state index contributed by atoms with van der Waals surface area (Å²) >= 11 is 0. The van der Waals surface area contributed by atoms with E-state index in [1.807, 2.05) is 56.3 Å². The Morgan fingerprint density at radius 2 is 1.81 bits per heavy atom. The summed E-state index contributed by atoms with van der Waals surface area (Å²) in [6.07, 6.45) is 4.40. The minimum absolute atomic E-state index is 0.151. The molecule has 1 saturated heterocycles. The molecular weight excluding hydrogens is 338 g/mol. The van der Waals surface area contributed by atoms with Gasteiger partial charge in [-0.15, -0.1) is 0 Å². The lowest BCUT2D eigenvalue weighted by Crippen LogP contribution is -2.51. The number of pyridine rings is 1. The summed E-state index contributed by atoms with van der Waals surface area (Å²) in [5, 5.41) is 0. The molecule has 2 heterocycles. The van der Waals surface area contributed by atoms with Crippen molar-refractivity contribution in [1.82, 2.24) is 14.8 Å². The Morgan fingerprint density at radius 1 is 1.11 bits per heavy atom. The Labute approximate surface area is 162 Å². The number of carbonyl (C=O) groups excluding carboxylic acids is 1. The van der Waals surface area contributed by atoms with Crippen LogP contribution in [0.3, 0.4) is 0 Å². The summed E-state index contributed by atoms with van der Waals surface area (Å²) in [4.78, 5) is 21.0. The van der Waals surface area contributed by atoms with Crippen LogP contribution in [0.25, 0.3) is 0 Å². The molecule has 1 aliphatic heterocycles. The molecule has 2 aromatic rings. The zero-order chi connectivity index (χ0) is 19.3. The lowest BCUT2D eigenvalue weighted by Gasteiger charge is -2.42. The highest BCUT2D eigenvalue weighted by molar-refractivity contribution is 5.68. The Kier molecular flexibility index (Phi) is 6.11. The Bertz CT molecular complexity index is 728. The number of benzene rings is 1. The fourth-order valence-electron chi connectivity index (χ4n) is 3.40. The van der Waals surface area contributed by atoms with Gasteiger partial charge in [-0.1, -0.05) is 30.3 Å². The molecule has 0 bridgehead atoms. The summed E-state index contributed by atoms with van der Waals surface area (Å²) < 4.78 is 5.58. The predicted molar refractivity (Wildman–Crippen MR) is 107 cm³/mol. The highest BCUT2D eigenvalue weighted by Gasteiger charge is 2.32. The van der Waals surface area contributed by atoms with E-state index < -0.39 is 5.60 Å². The Morgan fingerprint density at radius 3 is 2.48 bits per heavy atom. The smallest absolute Gasteiger partial charge is 0.410 e. The molecule has 144 valence electrons. The van der Waals surface area contributed by atoms with E-state index >= 15 is 0 Å². The van der Waals surface area contributed by atoms with Gasteiger partial charge in [0.2, 0.25) is 0 Å². The summed E-state index contributed by atoms with van der Waals surface area (Å²) in [5.41, 5.74) is 2.04. The van der Waals surface area contributed by atoms with E-state index in [4.69, 9.17) is 4.74 Å². The largest absolute Gasteiger partial charge is 0.444 e. The van der Waals surface area contributed by atoms with Crippen LogP contribution in [0.5, 0.6) is 0 Å². The molecule has 5 nitrogen and oxygen atoms in total. The molecule has 0 N–H and O–H groups in total. The first-order valence-electron chi connectivity index (χ1n) is 9.58. The van der Waals surface area contributed by atoms with Gasteiger partial charge in [-0.3, -0.25) is 9.88 Å². The van der Waals surface area contributed by atoms with Crippen LogP contribution in [0.1, 0.15) is 37.9 Å². The van der Waals surface area contributed by atoms with Crippen molar-refractivity contribution in [2.45, 2.75) is 38.8 Å². The van der Waals surface area contributed by atoms with Gasteiger partial charge in [0.1, 0.15) is 5.60 Å². The van der Waals surface area contributed by atoms with E-state index in [0.717, 1.165) is 19.5 Å². The molecule has 1 atom stereocenters. The molecule has 5 heteroatoms. The summed E-state index contributed by atoms with van der Waals surface area (Å²) in [5.74, 6) is 0. The first-order valence-corrected chi connectivity index (χ1v) is 9.58. The van der Waals surface area contributed by atoms with Crippen LogP contribution in [0.4, 0.5) is 4.79 Å². The number of ether oxygens (including phenoxy) is 1. The molecule has 0 aliphatic carbocycles. The maximum atomic E-state index is 12.5. The zero-order valence-corrected chi connectivity index (χ0v) is 16.5. The summed E-state index contributed by atoms with van der Waals surface area (Å²) in [6, 6.07) is 14.8. The fourth-order valence-corrected chi connectivity index (χ4v) is 3.40. The van der Waals surface area contributed by atoms with Gasteiger partial charge in [0.05, 0.1) is 6.04 Å². The molecule has 1 amide bonds. The third-order valence-corrected chi connectivity index (χ3v) is 4.76. The van der Waals surface area contributed by atoms with Crippen LogP contribution < -0.4 is 0 Å². The maximum absolute atomic E-state index is 12.5. The van der Waals surface area contributed by atoms with E-state index in [1.165, 1.54) is 11.1 Å². The molecule has 1 aromatic heterocycles. The minimum Gasteiger partial charge on any atom is -0.444 e. The number of hydrogen-bond acceptors (Lipinski definition) is 4. The van der Waals surface area contributed by atoms with Crippen LogP contribution in [-0.2, 0) is 11.2 Å². The Balaban J connectivity index is 1.71. The standard InChI is InChI=1S/C22H29N3O2/c1-22(2,3)27-21(26)25-16-15-24(14-11-18-7-5-4-6-8-18)20(17-25)19-9-12-23-13-10-19/h4-10,12-13,20H,11,14-17H2,1-3H3. The number of amides is 1. The molecule has 1 aromatic carbocycles. The maximum Gasteiger partial charge on any atom is 0.410 e. The van der Waals surface area contributed by atoms with Crippen LogP contribution >= 0.6 is 0 Å². The molecule has 1 fully saturated rings. The van der Waals surface area contributed by atoms with Crippen molar-refractivity contribution < 1.29 is 9.53 Å². The number of nitrogens with zero attached hydrogens (tertiary/aromatic N) is 3. The second-order valence-electron chi connectivity index (χ2n) is 7.99. The van der Waals surface area contributed by atoms with Gasteiger partial charge in [-0.2, -0.15) is 0 Å². The van der Waals surface area contributed by atoms with Crippen molar-refractivity contribution in [2.24, 2.45) is 0 Å². The van der Waals surface area contributed by atoms with E-state index in [2.05, 4.69) is 34.1 Å². The first-order chi connectivity index (χ1) is 12.9. The van der Waals surface area contributed by atoms with Crippen molar-refractivity contribution in [1.29, 1.82) is 0 Å². The number of rotatable bonds is 4. The quantitative estimate of drug-likeness (QED) is 0.822. The molecule has 0 spiro atoms. The van der Waals surface area contributed by atoms with E-state index in [1.54, 1.807) is 0 Å². The molecule has 27 heavy (non-hydrogen) atoms. The normalized spacial score (nSPS) is 18.3. The number of carbonyl (C=O) groups is 1. The van der Waals surface area contributed by atoms with Crippen molar-refractivity contribution in [3.63, 3.8) is 0 Å². The van der Waals surface area contributed by atoms with Crippen LogP contribution in [0, 0.1) is 0 Å². The highest BCUT2D eigenvalue weighted by atomic mass is 16.6. The van der Waals surface area contributed by atoms with Crippen molar-refractivity contribution >= 4 is 6.09 Å². The van der Waals surface area contributed by atoms with Gasteiger partial charge in [-0.05, 0) is 50.5 Å².